The summed E-state index contributed by atoms with van der Waals surface area (Å²) in [5, 5.41) is 21.7. The number of fused-ring (bicyclic) bond motifs is 1. The summed E-state index contributed by atoms with van der Waals surface area (Å²) < 4.78 is 1.64. The lowest BCUT2D eigenvalue weighted by Gasteiger charge is -2.28. The van der Waals surface area contributed by atoms with Crippen LogP contribution in [0, 0.1) is 0 Å². The van der Waals surface area contributed by atoms with Crippen molar-refractivity contribution in [2.24, 2.45) is 0 Å². The van der Waals surface area contributed by atoms with Crippen molar-refractivity contribution < 1.29 is 9.90 Å². The lowest BCUT2D eigenvalue weighted by Crippen LogP contribution is -2.37. The van der Waals surface area contributed by atoms with E-state index in [2.05, 4.69) is 15.3 Å². The van der Waals surface area contributed by atoms with Crippen LogP contribution in [0.25, 0.3) is 5.65 Å². The number of halogens is 1. The van der Waals surface area contributed by atoms with Gasteiger partial charge in [-0.15, -0.1) is 10.2 Å². The molecule has 1 aliphatic rings. The lowest BCUT2D eigenvalue weighted by atomic mass is 9.96. The highest BCUT2D eigenvalue weighted by molar-refractivity contribution is 6.29. The van der Waals surface area contributed by atoms with Gasteiger partial charge in [0.15, 0.2) is 11.5 Å². The van der Waals surface area contributed by atoms with Crippen molar-refractivity contribution in [2.75, 3.05) is 13.1 Å². The number of piperidine rings is 1. The molecule has 7 nitrogen and oxygen atoms in total. The van der Waals surface area contributed by atoms with Crippen LogP contribution in [0.2, 0.25) is 5.15 Å². The first-order chi connectivity index (χ1) is 9.15. The highest BCUT2D eigenvalue weighted by Crippen LogP contribution is 2.26. The second kappa shape index (κ2) is 4.65. The zero-order valence-electron chi connectivity index (χ0n) is 10.0. The third kappa shape index (κ3) is 2.21. The molecule has 0 aliphatic carbocycles. The standard InChI is InChI=1S/C11H12ClN5O2/c12-8-1-2-9-13-14-10(17(9)15-8)7-3-5-16(6-4-7)11(18)19/h1-2,7H,3-6H2,(H,18,19). The molecule has 2 aromatic heterocycles. The first kappa shape index (κ1) is 12.2. The van der Waals surface area contributed by atoms with E-state index in [9.17, 15) is 4.79 Å². The fraction of sp³-hybridized carbons (Fsp3) is 0.455. The van der Waals surface area contributed by atoms with Crippen LogP contribution >= 0.6 is 11.6 Å². The number of aromatic nitrogens is 4. The van der Waals surface area contributed by atoms with Gasteiger partial charge in [-0.25, -0.2) is 4.79 Å². The highest BCUT2D eigenvalue weighted by Gasteiger charge is 2.27. The van der Waals surface area contributed by atoms with Crippen molar-refractivity contribution in [3.05, 3.63) is 23.1 Å². The van der Waals surface area contributed by atoms with E-state index in [1.54, 1.807) is 16.6 Å². The van der Waals surface area contributed by atoms with Gasteiger partial charge in [-0.3, -0.25) is 0 Å². The molecule has 3 rings (SSSR count). The van der Waals surface area contributed by atoms with E-state index < -0.39 is 6.09 Å². The summed E-state index contributed by atoms with van der Waals surface area (Å²) in [5.74, 6) is 0.916. The summed E-state index contributed by atoms with van der Waals surface area (Å²) in [6, 6.07) is 3.43. The number of hydrogen-bond donors (Lipinski definition) is 1. The second-order valence-corrected chi connectivity index (χ2v) is 4.92. The summed E-state index contributed by atoms with van der Waals surface area (Å²) in [4.78, 5) is 12.3. The van der Waals surface area contributed by atoms with Gasteiger partial charge in [-0.05, 0) is 25.0 Å². The maximum Gasteiger partial charge on any atom is 0.407 e. The van der Waals surface area contributed by atoms with E-state index in [-0.39, 0.29) is 5.92 Å². The topological polar surface area (TPSA) is 83.6 Å². The Labute approximate surface area is 113 Å². The molecule has 0 aromatic carbocycles. The summed E-state index contributed by atoms with van der Waals surface area (Å²) in [6.07, 6.45) is 0.577. The number of rotatable bonds is 1. The van der Waals surface area contributed by atoms with Crippen LogP contribution in [-0.2, 0) is 0 Å². The number of carbonyl (C=O) groups is 1. The van der Waals surface area contributed by atoms with Crippen LogP contribution in [0.5, 0.6) is 0 Å². The van der Waals surface area contributed by atoms with Gasteiger partial charge in [-0.2, -0.15) is 9.61 Å². The molecule has 1 aliphatic heterocycles. The Bertz CT molecular complexity index is 621. The Hall–Kier alpha value is -1.89. The van der Waals surface area contributed by atoms with Crippen molar-refractivity contribution in [3.63, 3.8) is 0 Å². The van der Waals surface area contributed by atoms with E-state index >= 15 is 0 Å². The van der Waals surface area contributed by atoms with Crippen LogP contribution in [-0.4, -0.2) is 49.0 Å². The Kier molecular flexibility index (Phi) is 2.98. The molecule has 8 heteroatoms. The number of likely N-dealkylation sites (tertiary alicyclic amines) is 1. The Balaban J connectivity index is 1.85. The molecule has 2 aromatic rings. The van der Waals surface area contributed by atoms with E-state index in [1.807, 2.05) is 0 Å². The molecule has 19 heavy (non-hydrogen) atoms. The number of amides is 1. The predicted molar refractivity (Wildman–Crippen MR) is 67.4 cm³/mol. The van der Waals surface area contributed by atoms with Gasteiger partial charge in [0, 0.05) is 19.0 Å². The number of hydrogen-bond acceptors (Lipinski definition) is 4. The van der Waals surface area contributed by atoms with Crippen LogP contribution in [0.15, 0.2) is 12.1 Å². The molecule has 1 saturated heterocycles. The van der Waals surface area contributed by atoms with Gasteiger partial charge in [0.25, 0.3) is 0 Å². The zero-order chi connectivity index (χ0) is 13.4. The molecule has 0 bridgehead atoms. The normalized spacial score (nSPS) is 17.0. The molecule has 0 radical (unpaired) electrons. The van der Waals surface area contributed by atoms with Crippen LogP contribution in [0.1, 0.15) is 24.6 Å². The van der Waals surface area contributed by atoms with Crippen LogP contribution in [0.4, 0.5) is 4.79 Å². The molecule has 1 N–H and O–H groups in total. The zero-order valence-corrected chi connectivity index (χ0v) is 10.8. The van der Waals surface area contributed by atoms with E-state index in [4.69, 9.17) is 16.7 Å². The van der Waals surface area contributed by atoms with Crippen molar-refractivity contribution in [1.29, 1.82) is 0 Å². The minimum absolute atomic E-state index is 0.163. The van der Waals surface area contributed by atoms with Gasteiger partial charge < -0.3 is 10.0 Å². The molecule has 0 unspecified atom stereocenters. The van der Waals surface area contributed by atoms with Gasteiger partial charge in [0.05, 0.1) is 0 Å². The van der Waals surface area contributed by atoms with E-state index in [0.29, 0.717) is 23.9 Å². The Morgan fingerprint density at radius 3 is 2.74 bits per heavy atom. The van der Waals surface area contributed by atoms with E-state index in [1.165, 1.54) is 4.90 Å². The number of nitrogens with zero attached hydrogens (tertiary/aromatic N) is 5. The number of carboxylic acid groups (broad SMARTS) is 1. The van der Waals surface area contributed by atoms with Gasteiger partial charge >= 0.3 is 6.09 Å². The fourth-order valence-corrected chi connectivity index (χ4v) is 2.51. The Morgan fingerprint density at radius 1 is 1.32 bits per heavy atom. The molecular weight excluding hydrogens is 270 g/mol. The molecule has 100 valence electrons. The summed E-state index contributed by atoms with van der Waals surface area (Å²) >= 11 is 5.88. The van der Waals surface area contributed by atoms with Crippen molar-refractivity contribution in [3.8, 4) is 0 Å². The molecule has 0 spiro atoms. The molecule has 1 fully saturated rings. The molecular formula is C11H12ClN5O2. The maximum atomic E-state index is 10.9. The largest absolute Gasteiger partial charge is 0.465 e. The fourth-order valence-electron chi connectivity index (χ4n) is 2.37. The summed E-state index contributed by atoms with van der Waals surface area (Å²) in [7, 11) is 0. The first-order valence-corrected chi connectivity index (χ1v) is 6.38. The molecule has 1 amide bonds. The van der Waals surface area contributed by atoms with Gasteiger partial charge in [0.2, 0.25) is 0 Å². The third-order valence-corrected chi connectivity index (χ3v) is 3.59. The SMILES string of the molecule is O=C(O)N1CCC(c2nnc3ccc(Cl)nn23)CC1. The average Bonchev–Trinajstić information content (AvgIpc) is 2.81. The third-order valence-electron chi connectivity index (χ3n) is 3.39. The molecule has 0 saturated carbocycles. The smallest absolute Gasteiger partial charge is 0.407 e. The second-order valence-electron chi connectivity index (χ2n) is 4.53. The van der Waals surface area contributed by atoms with Crippen LogP contribution in [0.3, 0.4) is 0 Å². The molecule has 0 atom stereocenters. The first-order valence-electron chi connectivity index (χ1n) is 6.01. The summed E-state index contributed by atoms with van der Waals surface area (Å²) in [6.45, 7) is 1.02. The van der Waals surface area contributed by atoms with Crippen molar-refractivity contribution in [2.45, 2.75) is 18.8 Å². The summed E-state index contributed by atoms with van der Waals surface area (Å²) in [5.41, 5.74) is 0.653. The van der Waals surface area contributed by atoms with Crippen LogP contribution < -0.4 is 0 Å². The highest BCUT2D eigenvalue weighted by atomic mass is 35.5. The Morgan fingerprint density at radius 2 is 2.05 bits per heavy atom. The minimum Gasteiger partial charge on any atom is -0.465 e. The predicted octanol–water partition coefficient (Wildman–Crippen LogP) is 1.64. The van der Waals surface area contributed by atoms with Gasteiger partial charge in [0.1, 0.15) is 5.15 Å². The van der Waals surface area contributed by atoms with Crippen molar-refractivity contribution in [1.82, 2.24) is 24.7 Å². The van der Waals surface area contributed by atoms with Crippen molar-refractivity contribution >= 4 is 23.3 Å². The molecule has 3 heterocycles. The average molecular weight is 282 g/mol. The lowest BCUT2D eigenvalue weighted by molar-refractivity contribution is 0.131. The monoisotopic (exact) mass is 281 g/mol. The minimum atomic E-state index is -0.870. The maximum absolute atomic E-state index is 10.9. The van der Waals surface area contributed by atoms with E-state index in [0.717, 1.165) is 18.7 Å². The van der Waals surface area contributed by atoms with Gasteiger partial charge in [-0.1, -0.05) is 11.6 Å². The quantitative estimate of drug-likeness (QED) is 0.859.